The molecule has 11 heteroatoms. The Labute approximate surface area is 166 Å². The molecule has 0 bridgehead atoms. The lowest BCUT2D eigenvalue weighted by Crippen LogP contribution is -2.37. The van der Waals surface area contributed by atoms with E-state index in [4.69, 9.17) is 9.47 Å². The molecule has 2 heterocycles. The average Bonchev–Trinajstić information content (AvgIpc) is 3.27. The van der Waals surface area contributed by atoms with E-state index in [9.17, 15) is 8.78 Å². The molecule has 1 aliphatic heterocycles. The van der Waals surface area contributed by atoms with Gasteiger partial charge < -0.3 is 29.4 Å². The van der Waals surface area contributed by atoms with Gasteiger partial charge in [0.1, 0.15) is 11.6 Å². The zero-order valence-electron chi connectivity index (χ0n) is 16.1. The van der Waals surface area contributed by atoms with Gasteiger partial charge in [0.25, 0.3) is 0 Å². The Bertz CT molecular complexity index is 900. The maximum atomic E-state index is 12.8. The van der Waals surface area contributed by atoms with Gasteiger partial charge in [0.2, 0.25) is 6.79 Å². The number of halogens is 2. The molecule has 29 heavy (non-hydrogen) atoms. The van der Waals surface area contributed by atoms with Crippen LogP contribution in [0.4, 0.5) is 8.78 Å². The van der Waals surface area contributed by atoms with Crippen LogP contribution in [-0.4, -0.2) is 40.7 Å². The number of nitrogens with one attached hydrogen (secondary N) is 2. The topological polar surface area (TPSA) is 94.8 Å². The Morgan fingerprint density at radius 1 is 1.34 bits per heavy atom. The molecule has 0 saturated carbocycles. The maximum absolute atomic E-state index is 12.8. The Morgan fingerprint density at radius 2 is 2.10 bits per heavy atom. The van der Waals surface area contributed by atoms with Gasteiger partial charge >= 0.3 is 6.61 Å². The number of benzene rings is 1. The molecule has 0 amide bonds. The fourth-order valence-corrected chi connectivity index (χ4v) is 2.57. The quantitative estimate of drug-likeness (QED) is 0.391. The van der Waals surface area contributed by atoms with E-state index in [1.807, 2.05) is 18.5 Å². The number of aryl methyl sites for hydroxylation is 1. The molecule has 9 nitrogen and oxygen atoms in total. The number of hydrogen-bond acceptors (Lipinski definition) is 6. The fraction of sp³-hybridized carbons (Fsp3) is 0.389. The molecular weight excluding hydrogens is 386 g/mol. The molecule has 1 aromatic heterocycles. The van der Waals surface area contributed by atoms with Gasteiger partial charge in [-0.1, -0.05) is 6.08 Å². The van der Waals surface area contributed by atoms with Crippen LogP contribution in [0.5, 0.6) is 17.2 Å². The predicted octanol–water partition coefficient (Wildman–Crippen LogP) is 1.88. The summed E-state index contributed by atoms with van der Waals surface area (Å²) in [7, 11) is 1.86. The van der Waals surface area contributed by atoms with Crippen molar-refractivity contribution >= 4 is 5.96 Å². The first kappa shape index (κ1) is 20.4. The van der Waals surface area contributed by atoms with Gasteiger partial charge in [-0.15, -0.1) is 16.8 Å². The van der Waals surface area contributed by atoms with Crippen molar-refractivity contribution in [2.75, 3.05) is 13.3 Å². The van der Waals surface area contributed by atoms with Gasteiger partial charge in [0.05, 0.1) is 13.1 Å². The highest BCUT2D eigenvalue weighted by Crippen LogP contribution is 2.39. The van der Waals surface area contributed by atoms with Gasteiger partial charge in [0, 0.05) is 25.2 Å². The maximum Gasteiger partial charge on any atom is 0.387 e. The van der Waals surface area contributed by atoms with Gasteiger partial charge in [-0.3, -0.25) is 0 Å². The van der Waals surface area contributed by atoms with E-state index in [1.165, 1.54) is 6.07 Å². The second-order valence-electron chi connectivity index (χ2n) is 6.10. The van der Waals surface area contributed by atoms with Crippen LogP contribution < -0.4 is 24.8 Å². The summed E-state index contributed by atoms with van der Waals surface area (Å²) in [6.07, 6.45) is 1.68. The van der Waals surface area contributed by atoms with Crippen LogP contribution >= 0.6 is 0 Å². The van der Waals surface area contributed by atoms with Crippen molar-refractivity contribution in [3.05, 3.63) is 42.0 Å². The van der Waals surface area contributed by atoms with Gasteiger partial charge in [-0.25, -0.2) is 4.99 Å². The third-order valence-corrected chi connectivity index (χ3v) is 4.19. The first-order valence-corrected chi connectivity index (χ1v) is 8.83. The van der Waals surface area contributed by atoms with E-state index in [0.717, 1.165) is 11.6 Å². The molecule has 1 aliphatic rings. The highest BCUT2D eigenvalue weighted by atomic mass is 19.3. The van der Waals surface area contributed by atoms with Crippen LogP contribution in [0.2, 0.25) is 0 Å². The molecule has 0 atom stereocenters. The fourth-order valence-electron chi connectivity index (χ4n) is 2.57. The summed E-state index contributed by atoms with van der Waals surface area (Å²) in [4.78, 5) is 4.44. The lowest BCUT2D eigenvalue weighted by atomic mass is 10.1. The summed E-state index contributed by atoms with van der Waals surface area (Å²) in [6, 6.07) is 2.96. The predicted molar refractivity (Wildman–Crippen MR) is 101 cm³/mol. The minimum absolute atomic E-state index is 0.0139. The lowest BCUT2D eigenvalue weighted by Gasteiger charge is -2.13. The summed E-state index contributed by atoms with van der Waals surface area (Å²) in [5, 5.41) is 14.3. The second-order valence-corrected chi connectivity index (χ2v) is 6.10. The van der Waals surface area contributed by atoms with Crippen molar-refractivity contribution in [1.82, 2.24) is 25.4 Å². The first-order chi connectivity index (χ1) is 14.0. The van der Waals surface area contributed by atoms with E-state index in [1.54, 1.807) is 12.1 Å². The molecule has 1 aromatic carbocycles. The SMILES string of the molecule is C=CCNC(=NCc1cc2c(cc1OC(F)F)OCO2)NCc1nnc(C)n1C. The van der Waals surface area contributed by atoms with Crippen LogP contribution in [-0.2, 0) is 20.1 Å². The number of ether oxygens (including phenoxy) is 3. The Kier molecular flexibility index (Phi) is 6.47. The smallest absolute Gasteiger partial charge is 0.387 e. The largest absolute Gasteiger partial charge is 0.454 e. The molecule has 0 fully saturated rings. The van der Waals surface area contributed by atoms with E-state index in [2.05, 4.69) is 37.1 Å². The number of hydrogen-bond donors (Lipinski definition) is 2. The van der Waals surface area contributed by atoms with E-state index < -0.39 is 6.61 Å². The average molecular weight is 408 g/mol. The van der Waals surface area contributed by atoms with E-state index in [-0.39, 0.29) is 19.1 Å². The van der Waals surface area contributed by atoms with Crippen molar-refractivity contribution in [2.45, 2.75) is 26.6 Å². The Morgan fingerprint density at radius 3 is 2.76 bits per heavy atom. The monoisotopic (exact) mass is 408 g/mol. The molecule has 2 N–H and O–H groups in total. The number of rotatable bonds is 8. The molecule has 3 rings (SSSR count). The summed E-state index contributed by atoms with van der Waals surface area (Å²) in [6.45, 7) is 3.50. The first-order valence-electron chi connectivity index (χ1n) is 8.83. The number of fused-ring (bicyclic) bond motifs is 1. The lowest BCUT2D eigenvalue weighted by molar-refractivity contribution is -0.0505. The summed E-state index contributed by atoms with van der Waals surface area (Å²) < 4.78 is 42.6. The number of aromatic nitrogens is 3. The normalized spacial score (nSPS) is 12.9. The summed E-state index contributed by atoms with van der Waals surface area (Å²) >= 11 is 0. The number of alkyl halides is 2. The summed E-state index contributed by atoms with van der Waals surface area (Å²) in [5.41, 5.74) is 0.434. The van der Waals surface area contributed by atoms with Crippen LogP contribution in [0.1, 0.15) is 17.2 Å². The van der Waals surface area contributed by atoms with Crippen LogP contribution in [0, 0.1) is 6.92 Å². The molecular formula is C18H22F2N6O3. The molecule has 0 saturated heterocycles. The molecule has 0 spiro atoms. The zero-order chi connectivity index (χ0) is 20.8. The number of aliphatic imine (C=N–C) groups is 1. The van der Waals surface area contributed by atoms with Gasteiger partial charge in [-0.2, -0.15) is 8.78 Å². The van der Waals surface area contributed by atoms with E-state index in [0.29, 0.717) is 36.1 Å². The number of nitrogens with zero attached hydrogens (tertiary/aromatic N) is 4. The van der Waals surface area contributed by atoms with E-state index >= 15 is 0 Å². The molecule has 0 unspecified atom stereocenters. The van der Waals surface area contributed by atoms with Crippen molar-refractivity contribution in [3.63, 3.8) is 0 Å². The highest BCUT2D eigenvalue weighted by Gasteiger charge is 2.20. The molecule has 0 radical (unpaired) electrons. The van der Waals surface area contributed by atoms with Gasteiger partial charge in [-0.05, 0) is 13.0 Å². The molecule has 2 aromatic rings. The summed E-state index contributed by atoms with van der Waals surface area (Å²) in [5.74, 6) is 2.76. The van der Waals surface area contributed by atoms with Crippen molar-refractivity contribution in [3.8, 4) is 17.2 Å². The highest BCUT2D eigenvalue weighted by molar-refractivity contribution is 5.79. The van der Waals surface area contributed by atoms with Crippen LogP contribution in [0.15, 0.2) is 29.8 Å². The van der Waals surface area contributed by atoms with Crippen LogP contribution in [0.25, 0.3) is 0 Å². The third-order valence-electron chi connectivity index (χ3n) is 4.19. The minimum Gasteiger partial charge on any atom is -0.454 e. The minimum atomic E-state index is -2.96. The van der Waals surface area contributed by atoms with Crippen molar-refractivity contribution < 1.29 is 23.0 Å². The number of guanidine groups is 1. The second kappa shape index (κ2) is 9.22. The van der Waals surface area contributed by atoms with Crippen LogP contribution in [0.3, 0.4) is 0 Å². The Hall–Kier alpha value is -3.37. The molecule has 0 aliphatic carbocycles. The Balaban J connectivity index is 1.77. The molecule has 156 valence electrons. The van der Waals surface area contributed by atoms with Crippen molar-refractivity contribution in [2.24, 2.45) is 12.0 Å². The van der Waals surface area contributed by atoms with Crippen molar-refractivity contribution in [1.29, 1.82) is 0 Å². The zero-order valence-corrected chi connectivity index (χ0v) is 16.1. The standard InChI is InChI=1S/C18H22F2N6O3/c1-4-5-21-18(23-9-16-25-24-11(2)26(16)3)22-8-12-6-14-15(28-10-27-14)7-13(12)29-17(19)20/h4,6-7,17H,1,5,8-10H2,2-3H3,(H2,21,22,23). The van der Waals surface area contributed by atoms with Gasteiger partial charge in [0.15, 0.2) is 23.3 Å². The third kappa shape index (κ3) is 5.12.